The molecule has 5 heteroatoms. The van der Waals surface area contributed by atoms with Gasteiger partial charge in [-0.15, -0.1) is 0 Å². The first-order chi connectivity index (χ1) is 8.84. The lowest BCUT2D eigenvalue weighted by molar-refractivity contribution is -0.137. The van der Waals surface area contributed by atoms with Crippen molar-refractivity contribution in [1.29, 1.82) is 0 Å². The van der Waals surface area contributed by atoms with Gasteiger partial charge in [-0.25, -0.2) is 0 Å². The summed E-state index contributed by atoms with van der Waals surface area (Å²) in [5.41, 5.74) is 5.86. The fourth-order valence-corrected chi connectivity index (χ4v) is 2.78. The van der Waals surface area contributed by atoms with Crippen molar-refractivity contribution in [3.8, 4) is 0 Å². The molecule has 0 radical (unpaired) electrons. The van der Waals surface area contributed by atoms with Crippen LogP contribution in [0.4, 0.5) is 13.2 Å². The third kappa shape index (κ3) is 5.45. The summed E-state index contributed by atoms with van der Waals surface area (Å²) in [4.78, 5) is 0. The highest BCUT2D eigenvalue weighted by Gasteiger charge is 2.30. The largest absolute Gasteiger partial charge is 0.416 e. The van der Waals surface area contributed by atoms with Gasteiger partial charge in [-0.2, -0.15) is 24.9 Å². The monoisotopic (exact) mass is 291 g/mol. The molecular weight excluding hydrogens is 271 g/mol. The molecule has 0 aromatic heterocycles. The van der Waals surface area contributed by atoms with Gasteiger partial charge in [0.15, 0.2) is 0 Å². The second kappa shape index (κ2) is 7.20. The SMILES string of the molecule is CCC(C)CSCC(N)c1cccc(C(F)(F)F)c1. The molecule has 1 nitrogen and oxygen atoms in total. The van der Waals surface area contributed by atoms with Crippen LogP contribution in [0.1, 0.15) is 37.4 Å². The van der Waals surface area contributed by atoms with Crippen molar-refractivity contribution in [3.05, 3.63) is 35.4 Å². The Balaban J connectivity index is 2.60. The van der Waals surface area contributed by atoms with E-state index in [0.717, 1.165) is 24.3 Å². The maximum atomic E-state index is 12.6. The molecule has 0 fully saturated rings. The second-order valence-electron chi connectivity index (χ2n) is 4.78. The van der Waals surface area contributed by atoms with Crippen LogP contribution in [0.3, 0.4) is 0 Å². The summed E-state index contributed by atoms with van der Waals surface area (Å²) in [5.74, 6) is 2.24. The number of hydrogen-bond acceptors (Lipinski definition) is 2. The fourth-order valence-electron chi connectivity index (χ4n) is 1.56. The zero-order chi connectivity index (χ0) is 14.5. The van der Waals surface area contributed by atoms with Gasteiger partial charge in [0.2, 0.25) is 0 Å². The Morgan fingerprint density at radius 1 is 1.26 bits per heavy atom. The van der Waals surface area contributed by atoms with Gasteiger partial charge in [-0.05, 0) is 29.4 Å². The second-order valence-corrected chi connectivity index (χ2v) is 5.86. The summed E-state index contributed by atoms with van der Waals surface area (Å²) < 4.78 is 37.8. The lowest BCUT2D eigenvalue weighted by Gasteiger charge is -2.15. The van der Waals surface area contributed by atoms with Crippen molar-refractivity contribution in [2.45, 2.75) is 32.5 Å². The van der Waals surface area contributed by atoms with Crippen molar-refractivity contribution >= 4 is 11.8 Å². The van der Waals surface area contributed by atoms with E-state index in [1.807, 2.05) is 0 Å². The smallest absolute Gasteiger partial charge is 0.323 e. The van der Waals surface area contributed by atoms with Gasteiger partial charge in [0, 0.05) is 11.8 Å². The maximum Gasteiger partial charge on any atom is 0.416 e. The number of hydrogen-bond donors (Lipinski definition) is 1. The van der Waals surface area contributed by atoms with E-state index in [4.69, 9.17) is 5.73 Å². The summed E-state index contributed by atoms with van der Waals surface area (Å²) >= 11 is 1.70. The first kappa shape index (κ1) is 16.4. The molecule has 108 valence electrons. The minimum atomic E-state index is -4.31. The summed E-state index contributed by atoms with van der Waals surface area (Å²) in [5, 5.41) is 0. The zero-order valence-corrected chi connectivity index (χ0v) is 12.0. The van der Waals surface area contributed by atoms with Gasteiger partial charge in [0.1, 0.15) is 0 Å². The predicted molar refractivity (Wildman–Crippen MR) is 75.2 cm³/mol. The topological polar surface area (TPSA) is 26.0 Å². The van der Waals surface area contributed by atoms with Gasteiger partial charge in [-0.3, -0.25) is 0 Å². The molecule has 1 aromatic carbocycles. The van der Waals surface area contributed by atoms with E-state index in [1.165, 1.54) is 6.07 Å². The molecule has 0 spiro atoms. The van der Waals surface area contributed by atoms with Crippen LogP contribution in [0.5, 0.6) is 0 Å². The molecule has 0 amide bonds. The quantitative estimate of drug-likeness (QED) is 0.836. The molecule has 1 aromatic rings. The Morgan fingerprint density at radius 2 is 1.95 bits per heavy atom. The lowest BCUT2D eigenvalue weighted by atomic mass is 10.1. The van der Waals surface area contributed by atoms with Crippen molar-refractivity contribution < 1.29 is 13.2 Å². The number of thioether (sulfide) groups is 1. The third-order valence-corrected chi connectivity index (χ3v) is 4.44. The highest BCUT2D eigenvalue weighted by molar-refractivity contribution is 7.99. The van der Waals surface area contributed by atoms with Gasteiger partial charge in [-0.1, -0.05) is 32.4 Å². The molecule has 2 N–H and O–H groups in total. The summed E-state index contributed by atoms with van der Waals surface area (Å²) in [6.45, 7) is 4.28. The van der Waals surface area contributed by atoms with E-state index < -0.39 is 11.7 Å². The minimum absolute atomic E-state index is 0.351. The summed E-state index contributed by atoms with van der Waals surface area (Å²) in [6, 6.07) is 4.94. The normalized spacial score (nSPS) is 15.3. The van der Waals surface area contributed by atoms with Crippen molar-refractivity contribution in [2.24, 2.45) is 11.7 Å². The van der Waals surface area contributed by atoms with E-state index in [0.29, 0.717) is 17.2 Å². The Bertz CT molecular complexity index is 393. The van der Waals surface area contributed by atoms with Crippen LogP contribution in [-0.2, 0) is 6.18 Å². The minimum Gasteiger partial charge on any atom is -0.323 e. The first-order valence-corrected chi connectivity index (χ1v) is 7.50. The van der Waals surface area contributed by atoms with Crippen LogP contribution >= 0.6 is 11.8 Å². The summed E-state index contributed by atoms with van der Waals surface area (Å²) in [7, 11) is 0. The van der Waals surface area contributed by atoms with Gasteiger partial charge in [0.05, 0.1) is 5.56 Å². The average molecular weight is 291 g/mol. The van der Waals surface area contributed by atoms with Crippen molar-refractivity contribution in [1.82, 2.24) is 0 Å². The molecular formula is C14H20F3NS. The number of benzene rings is 1. The number of halogens is 3. The molecule has 0 aliphatic rings. The molecule has 0 aliphatic heterocycles. The maximum absolute atomic E-state index is 12.6. The molecule has 0 saturated heterocycles. The average Bonchev–Trinajstić information content (AvgIpc) is 2.37. The van der Waals surface area contributed by atoms with E-state index in [-0.39, 0.29) is 6.04 Å². The molecule has 1 rings (SSSR count). The molecule has 0 aliphatic carbocycles. The molecule has 2 atom stereocenters. The number of rotatable bonds is 6. The van der Waals surface area contributed by atoms with Crippen molar-refractivity contribution in [2.75, 3.05) is 11.5 Å². The van der Waals surface area contributed by atoms with Gasteiger partial charge in [0.25, 0.3) is 0 Å². The van der Waals surface area contributed by atoms with E-state index in [1.54, 1.807) is 17.8 Å². The van der Waals surface area contributed by atoms with Crippen LogP contribution in [0.25, 0.3) is 0 Å². The van der Waals surface area contributed by atoms with Crippen LogP contribution in [0.15, 0.2) is 24.3 Å². The highest BCUT2D eigenvalue weighted by Crippen LogP contribution is 2.31. The number of alkyl halides is 3. The Labute approximate surface area is 116 Å². The molecule has 0 saturated carbocycles. The van der Waals surface area contributed by atoms with E-state index in [9.17, 15) is 13.2 Å². The third-order valence-electron chi connectivity index (χ3n) is 3.04. The predicted octanol–water partition coefficient (Wildman–Crippen LogP) is 4.48. The van der Waals surface area contributed by atoms with Crippen LogP contribution in [-0.4, -0.2) is 11.5 Å². The van der Waals surface area contributed by atoms with E-state index >= 15 is 0 Å². The lowest BCUT2D eigenvalue weighted by Crippen LogP contribution is -2.15. The van der Waals surface area contributed by atoms with Crippen LogP contribution < -0.4 is 5.73 Å². The fraction of sp³-hybridized carbons (Fsp3) is 0.571. The van der Waals surface area contributed by atoms with Crippen LogP contribution in [0, 0.1) is 5.92 Å². The molecule has 0 heterocycles. The molecule has 0 bridgehead atoms. The Morgan fingerprint density at radius 3 is 2.53 bits per heavy atom. The highest BCUT2D eigenvalue weighted by atomic mass is 32.2. The Hall–Kier alpha value is -0.680. The zero-order valence-electron chi connectivity index (χ0n) is 11.2. The van der Waals surface area contributed by atoms with Crippen molar-refractivity contribution in [3.63, 3.8) is 0 Å². The van der Waals surface area contributed by atoms with E-state index in [2.05, 4.69) is 13.8 Å². The Kier molecular flexibility index (Phi) is 6.20. The summed E-state index contributed by atoms with van der Waals surface area (Å²) in [6.07, 6.45) is -3.20. The van der Waals surface area contributed by atoms with Crippen LogP contribution in [0.2, 0.25) is 0 Å². The standard InChI is InChI=1S/C14H20F3NS/c1-3-10(2)8-19-9-13(18)11-5-4-6-12(7-11)14(15,16)17/h4-7,10,13H,3,8-9,18H2,1-2H3. The first-order valence-electron chi connectivity index (χ1n) is 6.35. The van der Waals surface area contributed by atoms with Gasteiger partial charge < -0.3 is 5.73 Å². The molecule has 19 heavy (non-hydrogen) atoms. The molecule has 2 unspecified atom stereocenters. The number of nitrogens with two attached hydrogens (primary N) is 1. The van der Waals surface area contributed by atoms with Gasteiger partial charge >= 0.3 is 6.18 Å².